The van der Waals surface area contributed by atoms with Crippen molar-refractivity contribution in [2.75, 3.05) is 11.1 Å². The number of carbonyl (C=O) groups excluding carboxylic acids is 1. The highest BCUT2D eigenvalue weighted by molar-refractivity contribution is 7.91. The van der Waals surface area contributed by atoms with Gasteiger partial charge in [0, 0.05) is 0 Å². The van der Waals surface area contributed by atoms with Crippen LogP contribution in [0, 0.1) is 0 Å². The van der Waals surface area contributed by atoms with Gasteiger partial charge in [-0.2, -0.15) is 0 Å². The van der Waals surface area contributed by atoms with Gasteiger partial charge < -0.3 is 15.2 Å². The van der Waals surface area contributed by atoms with Crippen molar-refractivity contribution in [2.24, 2.45) is 0 Å². The number of aliphatic carboxylic acids is 1. The van der Waals surface area contributed by atoms with Crippen LogP contribution in [0.15, 0.2) is 34.9 Å². The molecule has 1 aliphatic rings. The van der Waals surface area contributed by atoms with Crippen molar-refractivity contribution in [3.8, 4) is 5.75 Å². The molecule has 0 amide bonds. The summed E-state index contributed by atoms with van der Waals surface area (Å²) < 4.78 is 28.7. The Balaban J connectivity index is 2.37. The maximum atomic E-state index is 11.8. The molecule has 0 unspecified atom stereocenters. The molecule has 2 rings (SSSR count). The number of esters is 1. The van der Waals surface area contributed by atoms with Crippen molar-refractivity contribution in [3.63, 3.8) is 0 Å². The molecular weight excluding hydrogens is 298 g/mol. The van der Waals surface area contributed by atoms with E-state index in [0.29, 0.717) is 5.69 Å². The fourth-order valence-electron chi connectivity index (χ4n) is 1.73. The smallest absolute Gasteiger partial charge is 0.359 e. The summed E-state index contributed by atoms with van der Waals surface area (Å²) in [7, 11) is -3.38. The standard InChI is InChI=1S/C13H13NO6S/c1-2-21(18,19)8-3-5-11-10(7-8)14-9(13(17)20-11)4-6-12(15)16/h3-5,7,14H,2,6H2,1H3,(H,15,16)/b9-4+. The van der Waals surface area contributed by atoms with Crippen LogP contribution in [0.5, 0.6) is 5.75 Å². The van der Waals surface area contributed by atoms with Gasteiger partial charge in [0.2, 0.25) is 0 Å². The van der Waals surface area contributed by atoms with Crippen LogP contribution in [0.25, 0.3) is 0 Å². The van der Waals surface area contributed by atoms with Gasteiger partial charge in [-0.1, -0.05) is 6.92 Å². The van der Waals surface area contributed by atoms with Gasteiger partial charge in [-0.3, -0.25) is 4.79 Å². The molecule has 0 radical (unpaired) electrons. The summed E-state index contributed by atoms with van der Waals surface area (Å²) in [5.74, 6) is -1.66. The lowest BCUT2D eigenvalue weighted by atomic mass is 10.2. The highest BCUT2D eigenvalue weighted by Crippen LogP contribution is 2.33. The molecule has 0 atom stereocenters. The average Bonchev–Trinajstić information content (AvgIpc) is 2.44. The monoisotopic (exact) mass is 311 g/mol. The van der Waals surface area contributed by atoms with E-state index in [1.54, 1.807) is 0 Å². The lowest BCUT2D eigenvalue weighted by molar-refractivity contribution is -0.136. The van der Waals surface area contributed by atoms with Crippen LogP contribution in [0.1, 0.15) is 13.3 Å². The fourth-order valence-corrected chi connectivity index (χ4v) is 2.64. The van der Waals surface area contributed by atoms with Crippen LogP contribution in [0.4, 0.5) is 5.69 Å². The molecule has 7 nitrogen and oxygen atoms in total. The number of anilines is 1. The number of ether oxygens (including phenoxy) is 1. The Morgan fingerprint density at radius 1 is 1.43 bits per heavy atom. The normalized spacial score (nSPS) is 16.0. The molecule has 8 heteroatoms. The Morgan fingerprint density at radius 3 is 2.76 bits per heavy atom. The van der Waals surface area contributed by atoms with Gasteiger partial charge in [0.05, 0.1) is 22.8 Å². The Hall–Kier alpha value is -2.35. The van der Waals surface area contributed by atoms with Crippen LogP contribution in [0.3, 0.4) is 0 Å². The van der Waals surface area contributed by atoms with Crippen molar-refractivity contribution in [2.45, 2.75) is 18.2 Å². The number of carboxylic acid groups (broad SMARTS) is 1. The maximum Gasteiger partial charge on any atom is 0.359 e. The molecule has 0 saturated heterocycles. The first-order valence-corrected chi connectivity index (χ1v) is 7.76. The number of carboxylic acids is 1. The Bertz CT molecular complexity index is 735. The molecular formula is C13H13NO6S. The van der Waals surface area contributed by atoms with Crippen LogP contribution in [-0.4, -0.2) is 31.2 Å². The fraction of sp³-hybridized carbons (Fsp3) is 0.231. The molecule has 0 saturated carbocycles. The van der Waals surface area contributed by atoms with E-state index < -0.39 is 21.8 Å². The molecule has 1 aromatic carbocycles. The van der Waals surface area contributed by atoms with E-state index in [1.807, 2.05) is 0 Å². The van der Waals surface area contributed by atoms with Gasteiger partial charge in [0.1, 0.15) is 5.70 Å². The zero-order valence-electron chi connectivity index (χ0n) is 11.1. The van der Waals surface area contributed by atoms with Crippen LogP contribution < -0.4 is 10.1 Å². The molecule has 0 aromatic heterocycles. The van der Waals surface area contributed by atoms with E-state index in [4.69, 9.17) is 9.84 Å². The Morgan fingerprint density at radius 2 is 2.14 bits per heavy atom. The minimum absolute atomic E-state index is 0.0315. The van der Waals surface area contributed by atoms with Gasteiger partial charge >= 0.3 is 11.9 Å². The number of rotatable bonds is 4. The van der Waals surface area contributed by atoms with Crippen LogP contribution >= 0.6 is 0 Å². The molecule has 112 valence electrons. The van der Waals surface area contributed by atoms with Crippen molar-refractivity contribution < 1.29 is 27.9 Å². The number of fused-ring (bicyclic) bond motifs is 1. The number of hydrogen-bond donors (Lipinski definition) is 2. The summed E-state index contributed by atoms with van der Waals surface area (Å²) in [6, 6.07) is 4.10. The first kappa shape index (κ1) is 15.0. The summed E-state index contributed by atoms with van der Waals surface area (Å²) in [4.78, 5) is 22.3. The predicted molar refractivity (Wildman–Crippen MR) is 73.8 cm³/mol. The molecule has 0 fully saturated rings. The second kappa shape index (κ2) is 5.57. The third-order valence-electron chi connectivity index (χ3n) is 2.86. The molecule has 1 heterocycles. The van der Waals surface area contributed by atoms with Crippen molar-refractivity contribution >= 4 is 27.5 Å². The summed E-state index contributed by atoms with van der Waals surface area (Å²) in [6.07, 6.45) is 0.828. The molecule has 0 aliphatic carbocycles. The van der Waals surface area contributed by atoms with Gasteiger partial charge in [-0.05, 0) is 24.3 Å². The first-order chi connectivity index (χ1) is 9.83. The van der Waals surface area contributed by atoms with E-state index >= 15 is 0 Å². The Labute approximate surface area is 121 Å². The average molecular weight is 311 g/mol. The first-order valence-electron chi connectivity index (χ1n) is 6.11. The SMILES string of the molecule is CCS(=O)(=O)c1ccc2c(c1)N/C(=C/CC(=O)O)C(=O)O2. The van der Waals surface area contributed by atoms with Gasteiger partial charge in [0.15, 0.2) is 15.6 Å². The number of carbonyl (C=O) groups is 2. The van der Waals surface area contributed by atoms with E-state index in [-0.39, 0.29) is 28.5 Å². The highest BCUT2D eigenvalue weighted by atomic mass is 32.2. The maximum absolute atomic E-state index is 11.8. The second-order valence-electron chi connectivity index (χ2n) is 4.29. The minimum atomic E-state index is -3.38. The minimum Gasteiger partial charge on any atom is -0.481 e. The molecule has 0 bridgehead atoms. The zero-order valence-corrected chi connectivity index (χ0v) is 11.9. The molecule has 1 aromatic rings. The largest absolute Gasteiger partial charge is 0.481 e. The third kappa shape index (κ3) is 3.22. The predicted octanol–water partition coefficient (Wildman–Crippen LogP) is 1.17. The van der Waals surface area contributed by atoms with Gasteiger partial charge in [-0.25, -0.2) is 13.2 Å². The highest BCUT2D eigenvalue weighted by Gasteiger charge is 2.24. The van der Waals surface area contributed by atoms with Gasteiger partial charge in [-0.15, -0.1) is 0 Å². The number of benzene rings is 1. The van der Waals surface area contributed by atoms with E-state index in [2.05, 4.69) is 5.32 Å². The molecule has 1 aliphatic heterocycles. The van der Waals surface area contributed by atoms with Crippen LogP contribution in [0.2, 0.25) is 0 Å². The van der Waals surface area contributed by atoms with Crippen molar-refractivity contribution in [1.29, 1.82) is 0 Å². The lowest BCUT2D eigenvalue weighted by Crippen LogP contribution is -2.23. The molecule has 2 N–H and O–H groups in total. The quantitative estimate of drug-likeness (QED) is 0.488. The summed E-state index contributed by atoms with van der Waals surface area (Å²) in [5, 5.41) is 11.3. The van der Waals surface area contributed by atoms with Crippen LogP contribution in [-0.2, 0) is 19.4 Å². The van der Waals surface area contributed by atoms with E-state index in [1.165, 1.54) is 31.2 Å². The summed E-state index contributed by atoms with van der Waals surface area (Å²) >= 11 is 0. The van der Waals surface area contributed by atoms with Crippen molar-refractivity contribution in [1.82, 2.24) is 0 Å². The van der Waals surface area contributed by atoms with Crippen molar-refractivity contribution in [3.05, 3.63) is 30.0 Å². The summed E-state index contributed by atoms with van der Waals surface area (Å²) in [5.41, 5.74) is 0.275. The zero-order chi connectivity index (χ0) is 15.6. The molecule has 0 spiro atoms. The second-order valence-corrected chi connectivity index (χ2v) is 6.57. The van der Waals surface area contributed by atoms with Gasteiger partial charge in [0.25, 0.3) is 0 Å². The van der Waals surface area contributed by atoms with E-state index in [9.17, 15) is 18.0 Å². The number of sulfone groups is 1. The topological polar surface area (TPSA) is 110 Å². The lowest BCUT2D eigenvalue weighted by Gasteiger charge is -2.20. The summed E-state index contributed by atoms with van der Waals surface area (Å²) in [6.45, 7) is 1.53. The number of nitrogens with one attached hydrogen (secondary N) is 1. The third-order valence-corrected chi connectivity index (χ3v) is 4.60. The Kier molecular flexibility index (Phi) is 3.99. The molecule has 21 heavy (non-hydrogen) atoms. The van der Waals surface area contributed by atoms with E-state index in [0.717, 1.165) is 0 Å². The number of hydrogen-bond acceptors (Lipinski definition) is 6.